The minimum absolute atomic E-state index is 0.317. The van der Waals surface area contributed by atoms with E-state index < -0.39 is 0 Å². The predicted octanol–water partition coefficient (Wildman–Crippen LogP) is 2.16. The van der Waals surface area contributed by atoms with E-state index in [-0.39, 0.29) is 5.97 Å². The van der Waals surface area contributed by atoms with Crippen molar-refractivity contribution >= 4 is 5.97 Å². The van der Waals surface area contributed by atoms with Gasteiger partial charge in [0.15, 0.2) is 0 Å². The van der Waals surface area contributed by atoms with E-state index in [1.807, 2.05) is 19.1 Å². The number of aryl methyl sites for hydroxylation is 1. The highest BCUT2D eigenvalue weighted by Crippen LogP contribution is 2.20. The molecule has 1 saturated heterocycles. The number of esters is 1. The molecule has 1 aliphatic heterocycles. The van der Waals surface area contributed by atoms with Crippen LogP contribution in [0.5, 0.6) is 5.75 Å². The highest BCUT2D eigenvalue weighted by Gasteiger charge is 2.15. The number of carbonyl (C=O) groups is 1. The minimum Gasteiger partial charge on any atom is -0.493 e. The molecule has 0 aromatic heterocycles. The van der Waals surface area contributed by atoms with Crippen molar-refractivity contribution in [3.8, 4) is 5.75 Å². The van der Waals surface area contributed by atoms with Crippen molar-refractivity contribution in [2.75, 3.05) is 26.8 Å². The quantitative estimate of drug-likeness (QED) is 0.846. The molecular formula is C15H21NO3. The van der Waals surface area contributed by atoms with Crippen LogP contribution in [-0.2, 0) is 4.74 Å². The summed E-state index contributed by atoms with van der Waals surface area (Å²) in [6.07, 6.45) is 2.40. The van der Waals surface area contributed by atoms with Gasteiger partial charge >= 0.3 is 5.97 Å². The molecule has 2 rings (SSSR count). The standard InChI is InChI=1S/C15H21NO3/c1-11-5-6-13(8-14(11)15(17)18-2)19-10-12-4-3-7-16-9-12/h5-6,8,12,16H,3-4,7,9-10H2,1-2H3. The van der Waals surface area contributed by atoms with Gasteiger partial charge in [0, 0.05) is 12.5 Å². The van der Waals surface area contributed by atoms with Gasteiger partial charge in [0.05, 0.1) is 19.3 Å². The summed E-state index contributed by atoms with van der Waals surface area (Å²) in [7, 11) is 1.39. The number of ether oxygens (including phenoxy) is 2. The summed E-state index contributed by atoms with van der Waals surface area (Å²) in [5.74, 6) is 0.968. The summed E-state index contributed by atoms with van der Waals surface area (Å²) in [4.78, 5) is 11.6. The first-order valence-electron chi connectivity index (χ1n) is 6.73. The van der Waals surface area contributed by atoms with Crippen molar-refractivity contribution < 1.29 is 14.3 Å². The lowest BCUT2D eigenvalue weighted by molar-refractivity contribution is 0.0599. The van der Waals surface area contributed by atoms with E-state index in [9.17, 15) is 4.79 Å². The van der Waals surface area contributed by atoms with Crippen molar-refractivity contribution in [2.45, 2.75) is 19.8 Å². The van der Waals surface area contributed by atoms with Crippen LogP contribution >= 0.6 is 0 Å². The van der Waals surface area contributed by atoms with Crippen molar-refractivity contribution in [1.29, 1.82) is 0 Å². The number of nitrogens with one attached hydrogen (secondary N) is 1. The molecule has 1 aromatic carbocycles. The van der Waals surface area contributed by atoms with Crippen molar-refractivity contribution in [2.24, 2.45) is 5.92 Å². The van der Waals surface area contributed by atoms with Crippen molar-refractivity contribution in [3.05, 3.63) is 29.3 Å². The topological polar surface area (TPSA) is 47.6 Å². The molecule has 1 N–H and O–H groups in total. The smallest absolute Gasteiger partial charge is 0.338 e. The summed E-state index contributed by atoms with van der Waals surface area (Å²) >= 11 is 0. The predicted molar refractivity (Wildman–Crippen MR) is 73.6 cm³/mol. The first kappa shape index (κ1) is 13.9. The second kappa shape index (κ2) is 6.57. The lowest BCUT2D eigenvalue weighted by atomic mass is 10.0. The van der Waals surface area contributed by atoms with Gasteiger partial charge < -0.3 is 14.8 Å². The SMILES string of the molecule is COC(=O)c1cc(OCC2CCCNC2)ccc1C. The number of rotatable bonds is 4. The van der Waals surface area contributed by atoms with Gasteiger partial charge in [-0.3, -0.25) is 0 Å². The van der Waals surface area contributed by atoms with E-state index >= 15 is 0 Å². The molecule has 1 aliphatic rings. The van der Waals surface area contributed by atoms with Crippen LogP contribution in [0.3, 0.4) is 0 Å². The molecule has 4 nitrogen and oxygen atoms in total. The Balaban J connectivity index is 1.98. The molecule has 19 heavy (non-hydrogen) atoms. The average Bonchev–Trinajstić information content (AvgIpc) is 2.46. The summed E-state index contributed by atoms with van der Waals surface area (Å²) in [6.45, 7) is 4.70. The molecule has 1 fully saturated rings. The Labute approximate surface area is 114 Å². The summed E-state index contributed by atoms with van der Waals surface area (Å²) in [5, 5.41) is 3.36. The maximum Gasteiger partial charge on any atom is 0.338 e. The van der Waals surface area contributed by atoms with Gasteiger partial charge in [-0.05, 0) is 44.0 Å². The van der Waals surface area contributed by atoms with E-state index in [0.717, 1.165) is 24.4 Å². The highest BCUT2D eigenvalue weighted by molar-refractivity contribution is 5.91. The molecule has 0 spiro atoms. The lowest BCUT2D eigenvalue weighted by Crippen LogP contribution is -2.33. The molecule has 1 heterocycles. The van der Waals surface area contributed by atoms with E-state index in [2.05, 4.69) is 5.32 Å². The highest BCUT2D eigenvalue weighted by atomic mass is 16.5. The van der Waals surface area contributed by atoms with Crippen LogP contribution in [0.1, 0.15) is 28.8 Å². The number of hydrogen-bond acceptors (Lipinski definition) is 4. The second-order valence-electron chi connectivity index (χ2n) is 4.99. The Morgan fingerprint density at radius 3 is 3.00 bits per heavy atom. The summed E-state index contributed by atoms with van der Waals surface area (Å²) in [5.41, 5.74) is 1.47. The molecule has 1 atom stereocenters. The molecule has 0 radical (unpaired) electrons. The Morgan fingerprint density at radius 1 is 1.47 bits per heavy atom. The third-order valence-corrected chi connectivity index (χ3v) is 3.50. The second-order valence-corrected chi connectivity index (χ2v) is 4.99. The van der Waals surface area contributed by atoms with Gasteiger partial charge in [0.1, 0.15) is 5.75 Å². The molecule has 4 heteroatoms. The molecule has 104 valence electrons. The normalized spacial score (nSPS) is 18.9. The zero-order valence-corrected chi connectivity index (χ0v) is 11.6. The average molecular weight is 263 g/mol. The molecule has 0 aliphatic carbocycles. The van der Waals surface area contributed by atoms with Gasteiger partial charge in [0.25, 0.3) is 0 Å². The van der Waals surface area contributed by atoms with Crippen LogP contribution in [0.25, 0.3) is 0 Å². The molecule has 0 bridgehead atoms. The fraction of sp³-hybridized carbons (Fsp3) is 0.533. The zero-order chi connectivity index (χ0) is 13.7. The number of piperidine rings is 1. The van der Waals surface area contributed by atoms with Gasteiger partial charge in [-0.1, -0.05) is 6.07 Å². The Hall–Kier alpha value is -1.55. The molecular weight excluding hydrogens is 242 g/mol. The van der Waals surface area contributed by atoms with E-state index in [4.69, 9.17) is 9.47 Å². The monoisotopic (exact) mass is 263 g/mol. The molecule has 0 saturated carbocycles. The first-order valence-corrected chi connectivity index (χ1v) is 6.73. The molecule has 1 unspecified atom stereocenters. The minimum atomic E-state index is -0.317. The van der Waals surface area contributed by atoms with E-state index in [0.29, 0.717) is 18.1 Å². The van der Waals surface area contributed by atoms with Crippen LogP contribution in [0.4, 0.5) is 0 Å². The number of carbonyl (C=O) groups excluding carboxylic acids is 1. The van der Waals surface area contributed by atoms with Gasteiger partial charge in [-0.25, -0.2) is 4.79 Å². The largest absolute Gasteiger partial charge is 0.493 e. The van der Waals surface area contributed by atoms with Crippen LogP contribution in [0.2, 0.25) is 0 Å². The first-order chi connectivity index (χ1) is 9.20. The third kappa shape index (κ3) is 3.70. The third-order valence-electron chi connectivity index (χ3n) is 3.50. The number of benzene rings is 1. The van der Waals surface area contributed by atoms with Gasteiger partial charge in [0.2, 0.25) is 0 Å². The Bertz CT molecular complexity index is 439. The summed E-state index contributed by atoms with van der Waals surface area (Å²) in [6, 6.07) is 5.55. The molecule has 0 amide bonds. The lowest BCUT2D eigenvalue weighted by Gasteiger charge is -2.22. The number of hydrogen-bond donors (Lipinski definition) is 1. The number of methoxy groups -OCH3 is 1. The van der Waals surface area contributed by atoms with Crippen molar-refractivity contribution in [1.82, 2.24) is 5.32 Å². The van der Waals surface area contributed by atoms with Crippen LogP contribution < -0.4 is 10.1 Å². The Kier molecular flexibility index (Phi) is 4.80. The fourth-order valence-electron chi connectivity index (χ4n) is 2.30. The van der Waals surface area contributed by atoms with E-state index in [1.165, 1.54) is 20.0 Å². The molecule has 1 aromatic rings. The van der Waals surface area contributed by atoms with Crippen LogP contribution in [0, 0.1) is 12.8 Å². The Morgan fingerprint density at radius 2 is 2.32 bits per heavy atom. The van der Waals surface area contributed by atoms with Crippen LogP contribution in [0.15, 0.2) is 18.2 Å². The van der Waals surface area contributed by atoms with E-state index in [1.54, 1.807) is 6.07 Å². The van der Waals surface area contributed by atoms with Gasteiger partial charge in [-0.15, -0.1) is 0 Å². The van der Waals surface area contributed by atoms with Crippen LogP contribution in [-0.4, -0.2) is 32.8 Å². The maximum atomic E-state index is 11.6. The zero-order valence-electron chi connectivity index (χ0n) is 11.6. The maximum absolute atomic E-state index is 11.6. The fourth-order valence-corrected chi connectivity index (χ4v) is 2.30. The van der Waals surface area contributed by atoms with Gasteiger partial charge in [-0.2, -0.15) is 0 Å². The van der Waals surface area contributed by atoms with Crippen molar-refractivity contribution in [3.63, 3.8) is 0 Å². The summed E-state index contributed by atoms with van der Waals surface area (Å²) < 4.78 is 10.6.